The van der Waals surface area contributed by atoms with Crippen molar-refractivity contribution in [1.82, 2.24) is 5.43 Å². The van der Waals surface area contributed by atoms with Crippen LogP contribution in [0.2, 0.25) is 0 Å². The molecule has 0 bridgehead atoms. The number of hydrazone groups is 1. The van der Waals surface area contributed by atoms with Crippen molar-refractivity contribution in [2.75, 3.05) is 7.11 Å². The summed E-state index contributed by atoms with van der Waals surface area (Å²) in [4.78, 5) is 11.8. The van der Waals surface area contributed by atoms with Crippen molar-refractivity contribution >= 4 is 11.6 Å². The minimum atomic E-state index is -0.184. The number of phenolic OH excluding ortho intramolecular Hbond substituents is 1. The average Bonchev–Trinajstić information content (AvgIpc) is 2.54. The molecule has 5 nitrogen and oxygen atoms in total. The third-order valence-corrected chi connectivity index (χ3v) is 3.15. The molecule has 0 saturated heterocycles. The van der Waals surface area contributed by atoms with Crippen molar-refractivity contribution in [2.24, 2.45) is 5.10 Å². The van der Waals surface area contributed by atoms with Crippen LogP contribution in [-0.2, 0) is 11.2 Å². The highest BCUT2D eigenvalue weighted by molar-refractivity contribution is 5.99. The number of benzene rings is 2. The van der Waals surface area contributed by atoms with Gasteiger partial charge in [0.25, 0.3) is 0 Å². The van der Waals surface area contributed by atoms with Gasteiger partial charge in [-0.1, -0.05) is 30.3 Å². The Labute approximate surface area is 129 Å². The predicted octanol–water partition coefficient (Wildman–Crippen LogP) is 2.48. The molecule has 0 heterocycles. The van der Waals surface area contributed by atoms with Gasteiger partial charge in [0.1, 0.15) is 0 Å². The highest BCUT2D eigenvalue weighted by Crippen LogP contribution is 2.26. The molecule has 2 aromatic rings. The third-order valence-electron chi connectivity index (χ3n) is 3.15. The lowest BCUT2D eigenvalue weighted by atomic mass is 10.1. The number of amides is 1. The Bertz CT molecular complexity index is 682. The zero-order valence-electron chi connectivity index (χ0n) is 12.5. The van der Waals surface area contributed by atoms with Crippen LogP contribution in [0.3, 0.4) is 0 Å². The van der Waals surface area contributed by atoms with Crippen LogP contribution in [0.5, 0.6) is 11.5 Å². The quantitative estimate of drug-likeness (QED) is 0.658. The lowest BCUT2D eigenvalue weighted by molar-refractivity contribution is -0.120. The SMILES string of the molecule is COc1cc(/C(C)=N/NC(=O)Cc2ccccc2)ccc1O. The van der Waals surface area contributed by atoms with Gasteiger partial charge in [-0.15, -0.1) is 0 Å². The van der Waals surface area contributed by atoms with Crippen molar-refractivity contribution < 1.29 is 14.6 Å². The molecule has 1 amide bonds. The van der Waals surface area contributed by atoms with Gasteiger partial charge in [0, 0.05) is 5.56 Å². The number of rotatable bonds is 5. The number of methoxy groups -OCH3 is 1. The number of hydrogen-bond donors (Lipinski definition) is 2. The number of aromatic hydroxyl groups is 1. The summed E-state index contributed by atoms with van der Waals surface area (Å²) in [7, 11) is 1.48. The molecular weight excluding hydrogens is 280 g/mol. The molecule has 114 valence electrons. The maximum absolute atomic E-state index is 11.8. The van der Waals surface area contributed by atoms with Crippen molar-refractivity contribution in [3.8, 4) is 11.5 Å². The highest BCUT2D eigenvalue weighted by Gasteiger charge is 2.06. The van der Waals surface area contributed by atoms with Gasteiger partial charge in [-0.25, -0.2) is 5.43 Å². The van der Waals surface area contributed by atoms with E-state index >= 15 is 0 Å². The maximum atomic E-state index is 11.8. The van der Waals surface area contributed by atoms with Gasteiger partial charge >= 0.3 is 0 Å². The Morgan fingerprint density at radius 2 is 1.95 bits per heavy atom. The topological polar surface area (TPSA) is 70.9 Å². The smallest absolute Gasteiger partial charge is 0.244 e. The van der Waals surface area contributed by atoms with Crippen molar-refractivity contribution in [3.05, 3.63) is 59.7 Å². The summed E-state index contributed by atoms with van der Waals surface area (Å²) >= 11 is 0. The van der Waals surface area contributed by atoms with E-state index in [1.807, 2.05) is 30.3 Å². The van der Waals surface area contributed by atoms with Crippen LogP contribution in [0.25, 0.3) is 0 Å². The number of nitrogens with one attached hydrogen (secondary N) is 1. The highest BCUT2D eigenvalue weighted by atomic mass is 16.5. The molecule has 0 unspecified atom stereocenters. The molecule has 5 heteroatoms. The Morgan fingerprint density at radius 3 is 2.64 bits per heavy atom. The first-order chi connectivity index (χ1) is 10.6. The number of carbonyl (C=O) groups excluding carboxylic acids is 1. The molecule has 0 fully saturated rings. The Kier molecular flexibility index (Phi) is 5.14. The molecule has 0 atom stereocenters. The molecule has 0 aliphatic heterocycles. The molecule has 2 N–H and O–H groups in total. The molecule has 2 rings (SSSR count). The van der Waals surface area contributed by atoms with Gasteiger partial charge < -0.3 is 9.84 Å². The summed E-state index contributed by atoms with van der Waals surface area (Å²) in [5.74, 6) is 0.242. The van der Waals surface area contributed by atoms with Crippen molar-refractivity contribution in [2.45, 2.75) is 13.3 Å². The zero-order chi connectivity index (χ0) is 15.9. The van der Waals surface area contributed by atoms with Gasteiger partial charge in [-0.3, -0.25) is 4.79 Å². The first-order valence-electron chi connectivity index (χ1n) is 6.84. The molecule has 22 heavy (non-hydrogen) atoms. The van der Waals surface area contributed by atoms with E-state index < -0.39 is 0 Å². The van der Waals surface area contributed by atoms with E-state index in [4.69, 9.17) is 4.74 Å². The van der Waals surface area contributed by atoms with E-state index in [2.05, 4.69) is 10.5 Å². The molecule has 0 radical (unpaired) electrons. The summed E-state index contributed by atoms with van der Waals surface area (Å²) in [6.07, 6.45) is 0.274. The first-order valence-corrected chi connectivity index (χ1v) is 6.84. The van der Waals surface area contributed by atoms with Crippen LogP contribution in [0.15, 0.2) is 53.6 Å². The Hall–Kier alpha value is -2.82. The minimum Gasteiger partial charge on any atom is -0.504 e. The van der Waals surface area contributed by atoms with E-state index in [1.54, 1.807) is 19.1 Å². The fourth-order valence-corrected chi connectivity index (χ4v) is 1.93. The molecule has 0 saturated carbocycles. The Morgan fingerprint density at radius 1 is 1.23 bits per heavy atom. The number of hydrogen-bond acceptors (Lipinski definition) is 4. The zero-order valence-corrected chi connectivity index (χ0v) is 12.5. The monoisotopic (exact) mass is 298 g/mol. The summed E-state index contributed by atoms with van der Waals surface area (Å²) < 4.78 is 5.05. The van der Waals surface area contributed by atoms with E-state index in [1.165, 1.54) is 13.2 Å². The fraction of sp³-hybridized carbons (Fsp3) is 0.176. The molecule has 0 aliphatic rings. The predicted molar refractivity (Wildman–Crippen MR) is 85.2 cm³/mol. The number of ether oxygens (including phenoxy) is 1. The largest absolute Gasteiger partial charge is 0.504 e. The molecule has 2 aromatic carbocycles. The van der Waals surface area contributed by atoms with Gasteiger partial charge in [0.05, 0.1) is 19.2 Å². The van der Waals surface area contributed by atoms with Gasteiger partial charge in [-0.05, 0) is 30.7 Å². The van der Waals surface area contributed by atoms with E-state index in [0.29, 0.717) is 11.5 Å². The van der Waals surface area contributed by atoms with Crippen LogP contribution >= 0.6 is 0 Å². The summed E-state index contributed by atoms with van der Waals surface area (Å²) in [5, 5.41) is 13.6. The number of carbonyl (C=O) groups is 1. The summed E-state index contributed by atoms with van der Waals surface area (Å²) in [6.45, 7) is 1.77. The van der Waals surface area contributed by atoms with Gasteiger partial charge in [0.2, 0.25) is 5.91 Å². The minimum absolute atomic E-state index is 0.0622. The number of nitrogens with zero attached hydrogens (tertiary/aromatic N) is 1. The second-order valence-electron chi connectivity index (χ2n) is 4.78. The third kappa shape index (κ3) is 4.09. The molecule has 0 aromatic heterocycles. The van der Waals surface area contributed by atoms with Crippen LogP contribution in [-0.4, -0.2) is 23.8 Å². The number of phenols is 1. The summed E-state index contributed by atoms with van der Waals surface area (Å²) in [6, 6.07) is 14.4. The normalized spacial score (nSPS) is 11.1. The van der Waals surface area contributed by atoms with Gasteiger partial charge in [0.15, 0.2) is 11.5 Å². The van der Waals surface area contributed by atoms with Crippen LogP contribution in [0.1, 0.15) is 18.1 Å². The van der Waals surface area contributed by atoms with Crippen molar-refractivity contribution in [1.29, 1.82) is 0 Å². The molecular formula is C17H18N2O3. The maximum Gasteiger partial charge on any atom is 0.244 e. The average molecular weight is 298 g/mol. The summed E-state index contributed by atoms with van der Waals surface area (Å²) in [5.41, 5.74) is 4.84. The van der Waals surface area contributed by atoms with Crippen LogP contribution < -0.4 is 10.2 Å². The van der Waals surface area contributed by atoms with Crippen molar-refractivity contribution in [3.63, 3.8) is 0 Å². The van der Waals surface area contributed by atoms with Crippen LogP contribution in [0, 0.1) is 0 Å². The fourth-order valence-electron chi connectivity index (χ4n) is 1.93. The standard InChI is InChI=1S/C17H18N2O3/c1-12(14-8-9-15(20)16(11-14)22-2)18-19-17(21)10-13-6-4-3-5-7-13/h3-9,11,20H,10H2,1-2H3,(H,19,21)/b18-12+. The lowest BCUT2D eigenvalue weighted by Crippen LogP contribution is -2.21. The molecule has 0 aliphatic carbocycles. The Balaban J connectivity index is 2.02. The van der Waals surface area contributed by atoms with E-state index in [9.17, 15) is 9.90 Å². The second kappa shape index (κ2) is 7.26. The molecule has 0 spiro atoms. The van der Waals surface area contributed by atoms with E-state index in [-0.39, 0.29) is 18.1 Å². The van der Waals surface area contributed by atoms with E-state index in [0.717, 1.165) is 11.1 Å². The van der Waals surface area contributed by atoms with Gasteiger partial charge in [-0.2, -0.15) is 5.10 Å². The second-order valence-corrected chi connectivity index (χ2v) is 4.78. The van der Waals surface area contributed by atoms with Crippen LogP contribution in [0.4, 0.5) is 0 Å². The first kappa shape index (κ1) is 15.6. The lowest BCUT2D eigenvalue weighted by Gasteiger charge is -2.07.